The van der Waals surface area contributed by atoms with Crippen LogP contribution in [0.1, 0.15) is 81.9 Å². The van der Waals surface area contributed by atoms with Gasteiger partial charge in [-0.2, -0.15) is 0 Å². The minimum Gasteiger partial charge on any atom is -0.393 e. The molecule has 5 rings (SSSR count). The average molecular weight is 433 g/mol. The van der Waals surface area contributed by atoms with Crippen molar-refractivity contribution in [3.8, 4) is 0 Å². The number of fused-ring (bicyclic) bond motifs is 5. The van der Waals surface area contributed by atoms with E-state index >= 15 is 0 Å². The number of hydrogen-bond donors (Lipinski definition) is 1. The maximum Gasteiger partial charge on any atom is 0.159 e. The Hall–Kier alpha value is -1.67. The summed E-state index contributed by atoms with van der Waals surface area (Å²) in [6.07, 6.45) is 15.1. The van der Waals surface area contributed by atoms with E-state index in [-0.39, 0.29) is 22.9 Å². The zero-order valence-electron chi connectivity index (χ0n) is 20.4. The Bertz CT molecular complexity index is 951. The number of benzene rings is 1. The molecule has 2 heteroatoms. The average Bonchev–Trinajstić information content (AvgIpc) is 3.11. The molecule has 0 amide bonds. The van der Waals surface area contributed by atoms with Gasteiger partial charge >= 0.3 is 0 Å². The lowest BCUT2D eigenvalue weighted by Gasteiger charge is -2.57. The van der Waals surface area contributed by atoms with Crippen LogP contribution in [0.2, 0.25) is 0 Å². The van der Waals surface area contributed by atoms with E-state index in [9.17, 15) is 9.90 Å². The summed E-state index contributed by atoms with van der Waals surface area (Å²) >= 11 is 0. The number of rotatable bonds is 3. The van der Waals surface area contributed by atoms with E-state index in [4.69, 9.17) is 0 Å². The van der Waals surface area contributed by atoms with Crippen molar-refractivity contribution in [2.75, 3.05) is 0 Å². The van der Waals surface area contributed by atoms with E-state index in [1.54, 1.807) is 0 Å². The number of carbonyl (C=O) groups is 1. The first kappa shape index (κ1) is 22.1. The first-order chi connectivity index (χ1) is 15.2. The second-order valence-electron chi connectivity index (χ2n) is 11.9. The molecule has 4 aliphatic rings. The van der Waals surface area contributed by atoms with E-state index in [0.29, 0.717) is 17.6 Å². The van der Waals surface area contributed by atoms with Crippen molar-refractivity contribution in [2.45, 2.75) is 85.2 Å². The van der Waals surface area contributed by atoms with Crippen LogP contribution in [0.5, 0.6) is 0 Å². The van der Waals surface area contributed by atoms with Gasteiger partial charge in [-0.15, -0.1) is 0 Å². The van der Waals surface area contributed by atoms with E-state index in [1.165, 1.54) is 41.5 Å². The van der Waals surface area contributed by atoms with Crippen molar-refractivity contribution in [1.29, 1.82) is 0 Å². The van der Waals surface area contributed by atoms with Gasteiger partial charge in [0.25, 0.3) is 0 Å². The fourth-order valence-corrected chi connectivity index (χ4v) is 8.48. The fourth-order valence-electron chi connectivity index (χ4n) is 8.48. The van der Waals surface area contributed by atoms with Gasteiger partial charge in [0, 0.05) is 5.92 Å². The normalized spacial score (nSPS) is 41.0. The van der Waals surface area contributed by atoms with E-state index in [2.05, 4.69) is 58.0 Å². The van der Waals surface area contributed by atoms with Gasteiger partial charge in [-0.3, -0.25) is 4.79 Å². The van der Waals surface area contributed by atoms with Crippen molar-refractivity contribution in [1.82, 2.24) is 0 Å². The number of aryl methyl sites for hydroxylation is 2. The molecule has 1 aromatic rings. The highest BCUT2D eigenvalue weighted by molar-refractivity contribution is 5.96. The Balaban J connectivity index is 1.37. The van der Waals surface area contributed by atoms with E-state index < -0.39 is 0 Å². The van der Waals surface area contributed by atoms with Crippen molar-refractivity contribution in [3.63, 3.8) is 0 Å². The minimum atomic E-state index is -0.142. The van der Waals surface area contributed by atoms with Gasteiger partial charge < -0.3 is 5.11 Å². The van der Waals surface area contributed by atoms with Crippen LogP contribution >= 0.6 is 0 Å². The maximum atomic E-state index is 13.5. The van der Waals surface area contributed by atoms with Gasteiger partial charge in [-0.1, -0.05) is 49.8 Å². The standard InChI is InChI=1S/C30H40O2/c1-19-6-5-7-20(2)23(19)10-13-28(32)27-12-11-25-24-9-8-21-18-22(31)14-16-29(21,3)26(24)15-17-30(25,27)4/h5-8,10,13,22,24-27,31H,9,11-12,14-18H2,1-4H3/b13-10+. The van der Waals surface area contributed by atoms with Crippen molar-refractivity contribution in [2.24, 2.45) is 34.5 Å². The van der Waals surface area contributed by atoms with Crippen LogP contribution < -0.4 is 0 Å². The summed E-state index contributed by atoms with van der Waals surface area (Å²) < 4.78 is 0. The SMILES string of the molecule is Cc1cccc(C)c1/C=C/C(=O)C1CCC2C3CC=C4CC(O)CCC4(C)C3CCC12C. The summed E-state index contributed by atoms with van der Waals surface area (Å²) in [6.45, 7) is 9.17. The summed E-state index contributed by atoms with van der Waals surface area (Å²) in [6, 6.07) is 6.34. The Kier molecular flexibility index (Phi) is 5.52. The van der Waals surface area contributed by atoms with E-state index in [0.717, 1.165) is 38.0 Å². The van der Waals surface area contributed by atoms with Gasteiger partial charge in [0.05, 0.1) is 6.10 Å². The molecule has 7 unspecified atom stereocenters. The van der Waals surface area contributed by atoms with Crippen LogP contribution in [0.3, 0.4) is 0 Å². The molecule has 0 heterocycles. The third-order valence-electron chi connectivity index (χ3n) is 10.4. The lowest BCUT2D eigenvalue weighted by atomic mass is 9.47. The van der Waals surface area contributed by atoms with Crippen LogP contribution in [-0.4, -0.2) is 17.0 Å². The van der Waals surface area contributed by atoms with Gasteiger partial charge in [0.1, 0.15) is 0 Å². The summed E-state index contributed by atoms with van der Waals surface area (Å²) in [5.74, 6) is 2.60. The molecule has 3 fully saturated rings. The number of ketones is 1. The molecule has 32 heavy (non-hydrogen) atoms. The van der Waals surface area contributed by atoms with Gasteiger partial charge in [-0.25, -0.2) is 0 Å². The molecule has 172 valence electrons. The van der Waals surface area contributed by atoms with Crippen molar-refractivity contribution in [3.05, 3.63) is 52.6 Å². The number of aliphatic hydroxyl groups is 1. The first-order valence-electron chi connectivity index (χ1n) is 12.9. The monoisotopic (exact) mass is 432 g/mol. The van der Waals surface area contributed by atoms with Crippen molar-refractivity contribution < 1.29 is 9.90 Å². The Morgan fingerprint density at radius 1 is 1.03 bits per heavy atom. The summed E-state index contributed by atoms with van der Waals surface area (Å²) in [4.78, 5) is 13.5. The summed E-state index contributed by atoms with van der Waals surface area (Å²) in [5, 5.41) is 10.2. The lowest BCUT2D eigenvalue weighted by molar-refractivity contribution is -0.124. The third kappa shape index (κ3) is 3.36. The molecule has 7 atom stereocenters. The number of carbonyl (C=O) groups excluding carboxylic acids is 1. The largest absolute Gasteiger partial charge is 0.393 e. The quantitative estimate of drug-likeness (QED) is 0.420. The molecule has 1 N–H and O–H groups in total. The zero-order valence-corrected chi connectivity index (χ0v) is 20.4. The molecule has 1 aromatic carbocycles. The highest BCUT2D eigenvalue weighted by atomic mass is 16.3. The molecule has 0 radical (unpaired) electrons. The van der Waals surface area contributed by atoms with Crippen LogP contribution in [0.25, 0.3) is 6.08 Å². The number of aliphatic hydroxyl groups excluding tert-OH is 1. The van der Waals surface area contributed by atoms with Gasteiger partial charge in [-0.05, 0) is 117 Å². The number of hydrogen-bond acceptors (Lipinski definition) is 2. The molecule has 0 aliphatic heterocycles. The Morgan fingerprint density at radius 3 is 2.53 bits per heavy atom. The van der Waals surface area contributed by atoms with Crippen LogP contribution in [-0.2, 0) is 4.79 Å². The maximum absolute atomic E-state index is 13.5. The second-order valence-corrected chi connectivity index (χ2v) is 11.9. The highest BCUT2D eigenvalue weighted by Gasteiger charge is 2.59. The molecular formula is C30H40O2. The smallest absolute Gasteiger partial charge is 0.159 e. The zero-order chi connectivity index (χ0) is 22.7. The molecule has 0 bridgehead atoms. The minimum absolute atomic E-state index is 0.138. The Morgan fingerprint density at radius 2 is 1.78 bits per heavy atom. The van der Waals surface area contributed by atoms with Gasteiger partial charge in [0.2, 0.25) is 0 Å². The molecule has 0 aromatic heterocycles. The predicted molar refractivity (Wildman–Crippen MR) is 131 cm³/mol. The molecule has 3 saturated carbocycles. The van der Waals surface area contributed by atoms with Crippen LogP contribution in [0, 0.1) is 48.3 Å². The van der Waals surface area contributed by atoms with Crippen molar-refractivity contribution >= 4 is 11.9 Å². The number of allylic oxidation sites excluding steroid dienone is 2. The third-order valence-corrected chi connectivity index (χ3v) is 10.4. The first-order valence-corrected chi connectivity index (χ1v) is 12.9. The Labute approximate surface area is 194 Å². The van der Waals surface area contributed by atoms with Crippen LogP contribution in [0.15, 0.2) is 35.9 Å². The topological polar surface area (TPSA) is 37.3 Å². The molecule has 0 saturated heterocycles. The lowest BCUT2D eigenvalue weighted by Crippen LogP contribution is -2.50. The highest BCUT2D eigenvalue weighted by Crippen LogP contribution is 2.66. The molecule has 2 nitrogen and oxygen atoms in total. The molecule has 4 aliphatic carbocycles. The van der Waals surface area contributed by atoms with E-state index in [1.807, 2.05) is 6.08 Å². The second kappa shape index (κ2) is 7.97. The fraction of sp³-hybridized carbons (Fsp3) is 0.633. The van der Waals surface area contributed by atoms with Gasteiger partial charge in [0.15, 0.2) is 5.78 Å². The summed E-state index contributed by atoms with van der Waals surface area (Å²) in [5.41, 5.74) is 5.61. The molecular weight excluding hydrogens is 392 g/mol. The van der Waals surface area contributed by atoms with Crippen LogP contribution in [0.4, 0.5) is 0 Å². The summed E-state index contributed by atoms with van der Waals surface area (Å²) in [7, 11) is 0. The molecule has 0 spiro atoms. The predicted octanol–water partition coefficient (Wildman–Crippen LogP) is 6.83.